The van der Waals surface area contributed by atoms with Crippen molar-refractivity contribution < 1.29 is 18.0 Å². The first-order chi connectivity index (χ1) is 10.9. The summed E-state index contributed by atoms with van der Waals surface area (Å²) in [7, 11) is 0. The molecule has 4 fully saturated rings. The summed E-state index contributed by atoms with van der Waals surface area (Å²) >= 11 is 0. The zero-order valence-electron chi connectivity index (χ0n) is 12.6. The number of nitrogens with zero attached hydrogens (tertiary/aromatic N) is 2. The second kappa shape index (κ2) is 4.33. The van der Waals surface area contributed by atoms with E-state index in [1.165, 1.54) is 31.7 Å². The standard InChI is InChI=1S/C16H18F3N3O/c17-16(18,19)12-5-6-14-13(7-12)20-22-21(14)9-15(23-22)8-10-1-3-11(15)4-2-10/h5-7,10-11,20H,1-4,8-9H2/t10-,11-,15-/m0/s1. The van der Waals surface area contributed by atoms with E-state index in [1.54, 1.807) is 5.28 Å². The molecule has 3 saturated carbocycles. The number of benzene rings is 1. The largest absolute Gasteiger partial charge is 0.416 e. The maximum atomic E-state index is 12.8. The van der Waals surface area contributed by atoms with Gasteiger partial charge in [-0.15, -0.1) is 0 Å². The van der Waals surface area contributed by atoms with Gasteiger partial charge < -0.3 is 0 Å². The molecule has 1 atom stereocenters. The lowest BCUT2D eigenvalue weighted by atomic mass is 9.62. The van der Waals surface area contributed by atoms with Gasteiger partial charge in [0, 0.05) is 5.28 Å². The topological polar surface area (TPSA) is 27.7 Å². The average molecular weight is 325 g/mol. The minimum atomic E-state index is -4.33. The summed E-state index contributed by atoms with van der Waals surface area (Å²) in [6.45, 7) is 0.722. The van der Waals surface area contributed by atoms with Gasteiger partial charge in [-0.3, -0.25) is 15.3 Å². The van der Waals surface area contributed by atoms with Crippen LogP contribution in [0.5, 0.6) is 0 Å². The highest BCUT2D eigenvalue weighted by molar-refractivity contribution is 5.74. The molecule has 1 saturated heterocycles. The third kappa shape index (κ3) is 1.92. The van der Waals surface area contributed by atoms with Crippen molar-refractivity contribution in [3.05, 3.63) is 23.8 Å². The number of hydrazine groups is 2. The van der Waals surface area contributed by atoms with Gasteiger partial charge in [0.05, 0.1) is 23.5 Å². The Morgan fingerprint density at radius 1 is 1.17 bits per heavy atom. The van der Waals surface area contributed by atoms with Crippen LogP contribution in [-0.2, 0) is 11.0 Å². The fourth-order valence-electron chi connectivity index (χ4n) is 4.82. The van der Waals surface area contributed by atoms with Crippen LogP contribution in [0.1, 0.15) is 37.7 Å². The maximum absolute atomic E-state index is 12.8. The summed E-state index contributed by atoms with van der Waals surface area (Å²) < 4.78 is 38.5. The normalized spacial score (nSPS) is 35.5. The van der Waals surface area contributed by atoms with Gasteiger partial charge in [0.15, 0.2) is 0 Å². The summed E-state index contributed by atoms with van der Waals surface area (Å²) in [6, 6.07) is 3.83. The Morgan fingerprint density at radius 3 is 2.61 bits per heavy atom. The SMILES string of the molecule is FC(F)(F)c1ccc2c(c1)NN1O[C@]3(CN21)C[C@H]1CC[C@H]3CC1. The molecule has 1 N–H and O–H groups in total. The Hall–Kier alpha value is -1.47. The van der Waals surface area contributed by atoms with Gasteiger partial charge in [0.25, 0.3) is 0 Å². The lowest BCUT2D eigenvalue weighted by molar-refractivity contribution is -0.225. The Labute approximate surface area is 132 Å². The van der Waals surface area contributed by atoms with Crippen LogP contribution in [0.15, 0.2) is 18.2 Å². The Kier molecular flexibility index (Phi) is 2.62. The van der Waals surface area contributed by atoms with Crippen LogP contribution in [-0.4, -0.2) is 17.4 Å². The molecule has 124 valence electrons. The second-order valence-corrected chi connectivity index (χ2v) is 7.25. The molecule has 23 heavy (non-hydrogen) atoms. The molecule has 2 aliphatic heterocycles. The van der Waals surface area contributed by atoms with Crippen LogP contribution >= 0.6 is 0 Å². The van der Waals surface area contributed by atoms with Crippen molar-refractivity contribution >= 4 is 11.4 Å². The fourth-order valence-corrected chi connectivity index (χ4v) is 4.82. The highest BCUT2D eigenvalue weighted by atomic mass is 19.4. The molecule has 0 aromatic heterocycles. The van der Waals surface area contributed by atoms with Gasteiger partial charge in [-0.05, 0) is 62.1 Å². The quantitative estimate of drug-likeness (QED) is 0.781. The predicted octanol–water partition coefficient (Wildman–Crippen LogP) is 3.96. The van der Waals surface area contributed by atoms with E-state index in [9.17, 15) is 13.2 Å². The van der Waals surface area contributed by atoms with Gasteiger partial charge >= 0.3 is 6.18 Å². The van der Waals surface area contributed by atoms with Crippen LogP contribution in [0, 0.1) is 11.8 Å². The van der Waals surface area contributed by atoms with Crippen molar-refractivity contribution in [2.75, 3.05) is 17.0 Å². The Morgan fingerprint density at radius 2 is 1.96 bits per heavy atom. The first-order valence-electron chi connectivity index (χ1n) is 8.19. The van der Waals surface area contributed by atoms with Crippen molar-refractivity contribution in [3.63, 3.8) is 0 Å². The summed E-state index contributed by atoms with van der Waals surface area (Å²) in [4.78, 5) is 6.22. The van der Waals surface area contributed by atoms with E-state index in [0.29, 0.717) is 11.6 Å². The van der Waals surface area contributed by atoms with E-state index in [1.807, 2.05) is 5.01 Å². The summed E-state index contributed by atoms with van der Waals surface area (Å²) in [6.07, 6.45) is 1.70. The van der Waals surface area contributed by atoms with Gasteiger partial charge in [0.2, 0.25) is 0 Å². The molecular formula is C16H18F3N3O. The number of rotatable bonds is 0. The van der Waals surface area contributed by atoms with Gasteiger partial charge in [-0.2, -0.15) is 13.2 Å². The maximum Gasteiger partial charge on any atom is 0.416 e. The zero-order valence-corrected chi connectivity index (χ0v) is 12.6. The summed E-state index contributed by atoms with van der Waals surface area (Å²) in [5.74, 6) is 1.28. The molecule has 0 amide bonds. The predicted molar refractivity (Wildman–Crippen MR) is 78.1 cm³/mol. The van der Waals surface area contributed by atoms with Crippen molar-refractivity contribution in [1.82, 2.24) is 5.28 Å². The third-order valence-electron chi connectivity index (χ3n) is 5.95. The van der Waals surface area contributed by atoms with Crippen LogP contribution in [0.3, 0.4) is 0 Å². The number of alkyl halides is 3. The molecule has 2 heterocycles. The summed E-state index contributed by atoms with van der Waals surface area (Å²) in [5, 5.41) is 3.49. The fraction of sp³-hybridized carbons (Fsp3) is 0.625. The number of hydrogen-bond donors (Lipinski definition) is 1. The van der Waals surface area contributed by atoms with Crippen LogP contribution in [0.4, 0.5) is 24.5 Å². The number of fused-ring (bicyclic) bond motifs is 5. The van der Waals surface area contributed by atoms with E-state index in [4.69, 9.17) is 4.84 Å². The Balaban J connectivity index is 1.45. The highest BCUT2D eigenvalue weighted by Crippen LogP contribution is 2.54. The minimum absolute atomic E-state index is 0.172. The molecular weight excluding hydrogens is 307 g/mol. The molecule has 6 rings (SSSR count). The molecule has 5 aliphatic rings. The monoisotopic (exact) mass is 325 g/mol. The zero-order chi connectivity index (χ0) is 15.8. The van der Waals surface area contributed by atoms with Gasteiger partial charge in [0.1, 0.15) is 5.60 Å². The third-order valence-corrected chi connectivity index (χ3v) is 5.95. The van der Waals surface area contributed by atoms with Crippen LogP contribution in [0.2, 0.25) is 0 Å². The Bertz CT molecular complexity index is 656. The lowest BCUT2D eigenvalue weighted by Crippen LogP contribution is -2.50. The molecule has 7 heteroatoms. The van der Waals surface area contributed by atoms with Crippen molar-refractivity contribution in [3.8, 4) is 0 Å². The lowest BCUT2D eigenvalue weighted by Gasteiger charge is -2.47. The smallest absolute Gasteiger partial charge is 0.275 e. The molecule has 1 spiro atoms. The van der Waals surface area contributed by atoms with Crippen molar-refractivity contribution in [1.29, 1.82) is 0 Å². The number of anilines is 2. The number of halogens is 3. The van der Waals surface area contributed by atoms with Crippen LogP contribution in [0.25, 0.3) is 0 Å². The molecule has 1 aromatic carbocycles. The molecule has 3 aliphatic carbocycles. The minimum Gasteiger partial charge on any atom is -0.275 e. The second-order valence-electron chi connectivity index (χ2n) is 7.25. The molecule has 0 unspecified atom stereocenters. The first kappa shape index (κ1) is 13.9. The molecule has 0 radical (unpaired) electrons. The van der Waals surface area contributed by atoms with Gasteiger partial charge in [-0.1, -0.05) is 0 Å². The first-order valence-corrected chi connectivity index (χ1v) is 8.19. The highest BCUT2D eigenvalue weighted by Gasteiger charge is 2.57. The van der Waals surface area contributed by atoms with E-state index < -0.39 is 11.7 Å². The molecule has 2 bridgehead atoms. The number of hydrogen-bond acceptors (Lipinski definition) is 4. The van der Waals surface area contributed by atoms with Gasteiger partial charge in [-0.25, -0.2) is 0 Å². The average Bonchev–Trinajstić information content (AvgIpc) is 3.01. The van der Waals surface area contributed by atoms with E-state index in [2.05, 4.69) is 5.43 Å². The van der Waals surface area contributed by atoms with E-state index in [0.717, 1.165) is 36.7 Å². The number of nitrogens with one attached hydrogen (secondary N) is 1. The summed E-state index contributed by atoms with van der Waals surface area (Å²) in [5.41, 5.74) is 3.38. The molecule has 4 nitrogen and oxygen atoms in total. The van der Waals surface area contributed by atoms with E-state index >= 15 is 0 Å². The van der Waals surface area contributed by atoms with Crippen molar-refractivity contribution in [2.24, 2.45) is 11.8 Å². The van der Waals surface area contributed by atoms with Crippen molar-refractivity contribution in [2.45, 2.75) is 43.9 Å². The van der Waals surface area contributed by atoms with Crippen LogP contribution < -0.4 is 10.4 Å². The molecule has 1 aromatic rings. The van der Waals surface area contributed by atoms with E-state index in [-0.39, 0.29) is 5.60 Å².